The first-order valence-electron chi connectivity index (χ1n) is 9.85. The SMILES string of the molecule is Cc1cccc(-c2nc3ccccc3c(CC(C)C)c2CC(C)C)c1C. The molecular formula is C25H31N. The quantitative estimate of drug-likeness (QED) is 0.489. The van der Waals surface area contributed by atoms with Gasteiger partial charge in [-0.15, -0.1) is 0 Å². The molecule has 1 heteroatoms. The van der Waals surface area contributed by atoms with Crippen molar-refractivity contribution in [2.24, 2.45) is 11.8 Å². The van der Waals surface area contributed by atoms with Crippen LogP contribution in [0.15, 0.2) is 42.5 Å². The van der Waals surface area contributed by atoms with Crippen molar-refractivity contribution >= 4 is 10.9 Å². The molecule has 1 heterocycles. The molecule has 136 valence electrons. The third-order valence-corrected chi connectivity index (χ3v) is 5.20. The van der Waals surface area contributed by atoms with Gasteiger partial charge in [-0.1, -0.05) is 64.1 Å². The molecule has 3 aromatic rings. The van der Waals surface area contributed by atoms with Gasteiger partial charge in [0.15, 0.2) is 0 Å². The minimum atomic E-state index is 0.604. The Labute approximate surface area is 158 Å². The van der Waals surface area contributed by atoms with E-state index in [1.165, 1.54) is 38.9 Å². The van der Waals surface area contributed by atoms with Crippen LogP contribution in [0.3, 0.4) is 0 Å². The summed E-state index contributed by atoms with van der Waals surface area (Å²) < 4.78 is 0. The zero-order chi connectivity index (χ0) is 18.8. The molecule has 0 aliphatic rings. The molecule has 0 aliphatic heterocycles. The molecule has 1 aromatic heterocycles. The number of pyridine rings is 1. The maximum absolute atomic E-state index is 5.17. The summed E-state index contributed by atoms with van der Waals surface area (Å²) in [5.41, 5.74) is 9.21. The van der Waals surface area contributed by atoms with E-state index in [0.717, 1.165) is 18.4 Å². The summed E-state index contributed by atoms with van der Waals surface area (Å²) in [5, 5.41) is 1.32. The van der Waals surface area contributed by atoms with Crippen LogP contribution in [0.2, 0.25) is 0 Å². The normalized spacial score (nSPS) is 11.7. The van der Waals surface area contributed by atoms with E-state index in [1.54, 1.807) is 0 Å². The van der Waals surface area contributed by atoms with E-state index in [2.05, 4.69) is 84.0 Å². The van der Waals surface area contributed by atoms with Crippen molar-refractivity contribution in [3.63, 3.8) is 0 Å². The Bertz CT molecular complexity index is 919. The molecule has 0 unspecified atom stereocenters. The molecule has 0 amide bonds. The van der Waals surface area contributed by atoms with Crippen molar-refractivity contribution in [1.82, 2.24) is 4.98 Å². The van der Waals surface area contributed by atoms with Gasteiger partial charge in [-0.05, 0) is 66.8 Å². The zero-order valence-corrected chi connectivity index (χ0v) is 17.1. The van der Waals surface area contributed by atoms with Gasteiger partial charge >= 0.3 is 0 Å². The van der Waals surface area contributed by atoms with Crippen LogP contribution in [-0.2, 0) is 12.8 Å². The summed E-state index contributed by atoms with van der Waals surface area (Å²) in [5.74, 6) is 1.23. The third kappa shape index (κ3) is 3.67. The third-order valence-electron chi connectivity index (χ3n) is 5.20. The molecule has 0 fully saturated rings. The molecule has 0 saturated heterocycles. The molecule has 3 rings (SSSR count). The van der Waals surface area contributed by atoms with Crippen molar-refractivity contribution in [3.05, 3.63) is 64.7 Å². The first kappa shape index (κ1) is 18.6. The van der Waals surface area contributed by atoms with Crippen molar-refractivity contribution in [2.45, 2.75) is 54.4 Å². The van der Waals surface area contributed by atoms with Gasteiger partial charge in [0.05, 0.1) is 11.2 Å². The van der Waals surface area contributed by atoms with E-state index < -0.39 is 0 Å². The highest BCUT2D eigenvalue weighted by molar-refractivity contribution is 5.88. The summed E-state index contributed by atoms with van der Waals surface area (Å²) in [6, 6.07) is 15.2. The highest BCUT2D eigenvalue weighted by Crippen LogP contribution is 2.35. The van der Waals surface area contributed by atoms with Crippen LogP contribution in [0.25, 0.3) is 22.2 Å². The zero-order valence-electron chi connectivity index (χ0n) is 17.1. The standard InChI is InChI=1S/C25H31N/c1-16(2)14-22-21-11-7-8-13-24(21)26-25(23(22)15-17(3)4)20-12-9-10-18(5)19(20)6/h7-13,16-17H,14-15H2,1-6H3. The summed E-state index contributed by atoms with van der Waals surface area (Å²) in [6.07, 6.45) is 2.17. The van der Waals surface area contributed by atoms with Crippen LogP contribution in [0.5, 0.6) is 0 Å². The lowest BCUT2D eigenvalue weighted by Crippen LogP contribution is -2.08. The number of hydrogen-bond acceptors (Lipinski definition) is 1. The fourth-order valence-corrected chi connectivity index (χ4v) is 3.82. The molecule has 0 saturated carbocycles. The molecule has 26 heavy (non-hydrogen) atoms. The molecule has 0 bridgehead atoms. The van der Waals surface area contributed by atoms with Crippen LogP contribution in [0, 0.1) is 25.7 Å². The van der Waals surface area contributed by atoms with Gasteiger partial charge in [0.2, 0.25) is 0 Å². The average molecular weight is 346 g/mol. The molecule has 0 atom stereocenters. The Balaban J connectivity index is 2.38. The molecule has 2 aromatic carbocycles. The van der Waals surface area contributed by atoms with Gasteiger partial charge in [-0.3, -0.25) is 0 Å². The topological polar surface area (TPSA) is 12.9 Å². The summed E-state index contributed by atoms with van der Waals surface area (Å²) >= 11 is 0. The summed E-state index contributed by atoms with van der Waals surface area (Å²) in [4.78, 5) is 5.17. The Morgan fingerprint density at radius 2 is 1.42 bits per heavy atom. The highest BCUT2D eigenvalue weighted by atomic mass is 14.7. The number of aromatic nitrogens is 1. The minimum Gasteiger partial charge on any atom is -0.247 e. The number of rotatable bonds is 5. The second-order valence-electron chi connectivity index (χ2n) is 8.38. The number of para-hydroxylation sites is 1. The van der Waals surface area contributed by atoms with Crippen molar-refractivity contribution in [1.29, 1.82) is 0 Å². The monoisotopic (exact) mass is 345 g/mol. The fourth-order valence-electron chi connectivity index (χ4n) is 3.82. The smallest absolute Gasteiger partial charge is 0.0747 e. The largest absolute Gasteiger partial charge is 0.247 e. The van der Waals surface area contributed by atoms with Crippen LogP contribution in [0.4, 0.5) is 0 Å². The highest BCUT2D eigenvalue weighted by Gasteiger charge is 2.19. The van der Waals surface area contributed by atoms with Crippen LogP contribution < -0.4 is 0 Å². The van der Waals surface area contributed by atoms with Gasteiger partial charge in [0, 0.05) is 10.9 Å². The van der Waals surface area contributed by atoms with E-state index in [4.69, 9.17) is 4.98 Å². The lowest BCUT2D eigenvalue weighted by molar-refractivity contribution is 0.618. The number of fused-ring (bicyclic) bond motifs is 1. The van der Waals surface area contributed by atoms with Gasteiger partial charge in [-0.25, -0.2) is 4.98 Å². The molecule has 0 N–H and O–H groups in total. The predicted octanol–water partition coefficient (Wildman–Crippen LogP) is 6.92. The maximum atomic E-state index is 5.17. The van der Waals surface area contributed by atoms with Gasteiger partial charge in [0.25, 0.3) is 0 Å². The Morgan fingerprint density at radius 3 is 2.12 bits per heavy atom. The van der Waals surface area contributed by atoms with Crippen molar-refractivity contribution in [3.8, 4) is 11.3 Å². The average Bonchev–Trinajstić information content (AvgIpc) is 2.58. The van der Waals surface area contributed by atoms with E-state index >= 15 is 0 Å². The number of hydrogen-bond donors (Lipinski definition) is 0. The number of aryl methyl sites for hydroxylation is 1. The van der Waals surface area contributed by atoms with Crippen molar-refractivity contribution < 1.29 is 0 Å². The summed E-state index contributed by atoms with van der Waals surface area (Å²) in [6.45, 7) is 13.7. The van der Waals surface area contributed by atoms with E-state index in [9.17, 15) is 0 Å². The molecule has 1 nitrogen and oxygen atoms in total. The van der Waals surface area contributed by atoms with Crippen LogP contribution >= 0.6 is 0 Å². The summed E-state index contributed by atoms with van der Waals surface area (Å²) in [7, 11) is 0. The molecule has 0 radical (unpaired) electrons. The molecular weight excluding hydrogens is 314 g/mol. The minimum absolute atomic E-state index is 0.604. The van der Waals surface area contributed by atoms with E-state index in [-0.39, 0.29) is 0 Å². The van der Waals surface area contributed by atoms with Gasteiger partial charge < -0.3 is 0 Å². The molecule has 0 aliphatic carbocycles. The van der Waals surface area contributed by atoms with E-state index in [1.807, 2.05) is 0 Å². The number of nitrogens with zero attached hydrogens (tertiary/aromatic N) is 1. The number of benzene rings is 2. The van der Waals surface area contributed by atoms with Gasteiger partial charge in [0.1, 0.15) is 0 Å². The first-order valence-corrected chi connectivity index (χ1v) is 9.85. The lowest BCUT2D eigenvalue weighted by Gasteiger charge is -2.21. The maximum Gasteiger partial charge on any atom is 0.0747 e. The van der Waals surface area contributed by atoms with Crippen LogP contribution in [-0.4, -0.2) is 4.98 Å². The van der Waals surface area contributed by atoms with E-state index in [0.29, 0.717) is 11.8 Å². The molecule has 0 spiro atoms. The second-order valence-corrected chi connectivity index (χ2v) is 8.38. The fraction of sp³-hybridized carbons (Fsp3) is 0.400. The van der Waals surface area contributed by atoms with Gasteiger partial charge in [-0.2, -0.15) is 0 Å². The lowest BCUT2D eigenvalue weighted by atomic mass is 9.86. The Kier molecular flexibility index (Phi) is 5.46. The van der Waals surface area contributed by atoms with Crippen molar-refractivity contribution in [2.75, 3.05) is 0 Å². The first-order chi connectivity index (χ1) is 12.4. The second kappa shape index (κ2) is 7.61. The Hall–Kier alpha value is -2.15. The van der Waals surface area contributed by atoms with Crippen LogP contribution in [0.1, 0.15) is 49.9 Å². The Morgan fingerprint density at radius 1 is 0.769 bits per heavy atom. The predicted molar refractivity (Wildman–Crippen MR) is 114 cm³/mol.